The van der Waals surface area contributed by atoms with Crippen molar-refractivity contribution in [2.45, 2.75) is 19.6 Å². The zero-order chi connectivity index (χ0) is 6.78. The zero-order valence-electron chi connectivity index (χ0n) is 5.26. The lowest BCUT2D eigenvalue weighted by molar-refractivity contribution is -0.925. The van der Waals surface area contributed by atoms with E-state index in [9.17, 15) is 5.21 Å². The maximum Gasteiger partial charge on any atom is 0.226 e. The van der Waals surface area contributed by atoms with Crippen LogP contribution in [0.2, 0.25) is 0 Å². The summed E-state index contributed by atoms with van der Waals surface area (Å²) in [6.07, 6.45) is 0. The highest BCUT2D eigenvalue weighted by Crippen LogP contribution is 1.92. The van der Waals surface area contributed by atoms with E-state index in [0.717, 1.165) is 0 Å². The lowest BCUT2D eigenvalue weighted by atomic mass is 10.3. The largest absolute Gasteiger partial charge is 0.632 e. The van der Waals surface area contributed by atoms with Crippen LogP contribution in [-0.4, -0.2) is 18.0 Å². The molecule has 0 spiro atoms. The maximum absolute atomic E-state index is 10.4. The van der Waals surface area contributed by atoms with Crippen molar-refractivity contribution < 1.29 is 15.2 Å². The normalized spacial score (nSPS) is 16.1. The average Bonchev–Trinajstić information content (AvgIpc) is 1.67. The fourth-order valence-electron chi connectivity index (χ4n) is 0.0643. The van der Waals surface area contributed by atoms with Gasteiger partial charge in [0.1, 0.15) is 0 Å². The first-order chi connectivity index (χ1) is 3.50. The molecule has 0 aromatic carbocycles. The van der Waals surface area contributed by atoms with Crippen LogP contribution < -0.4 is 5.06 Å². The Balaban J connectivity index is 3.71. The highest BCUT2D eigenvalue weighted by molar-refractivity contribution is 4.44. The minimum atomic E-state index is -1.04. The number of hydrogen-bond donors (Lipinski definition) is 2. The van der Waals surface area contributed by atoms with Gasteiger partial charge in [0.05, 0.1) is 7.05 Å². The van der Waals surface area contributed by atoms with E-state index in [2.05, 4.69) is 4.89 Å². The molecular weight excluding hydrogens is 110 g/mol. The molecule has 0 saturated heterocycles. The fourth-order valence-corrected chi connectivity index (χ4v) is 0.0643. The Morgan fingerprint density at radius 1 is 1.62 bits per heavy atom. The quantitative estimate of drug-likeness (QED) is 0.286. The van der Waals surface area contributed by atoms with Gasteiger partial charge in [-0.15, -0.1) is 0 Å². The Kier molecular flexibility index (Phi) is 2.36. The lowest BCUT2D eigenvalue weighted by Crippen LogP contribution is -3.12. The van der Waals surface area contributed by atoms with E-state index < -0.39 is 5.72 Å². The van der Waals surface area contributed by atoms with Crippen LogP contribution in [0.1, 0.15) is 13.8 Å². The van der Waals surface area contributed by atoms with Crippen molar-refractivity contribution in [1.29, 1.82) is 0 Å². The monoisotopic (exact) mass is 121 g/mol. The van der Waals surface area contributed by atoms with Gasteiger partial charge >= 0.3 is 0 Å². The van der Waals surface area contributed by atoms with Gasteiger partial charge in [-0.25, -0.2) is 5.26 Å². The summed E-state index contributed by atoms with van der Waals surface area (Å²) < 4.78 is 0. The van der Waals surface area contributed by atoms with E-state index in [1.807, 2.05) is 0 Å². The molecule has 0 radical (unpaired) electrons. The SMILES string of the molecule is C[NH+]([O-])C(C)(C)OO. The Hall–Kier alpha value is -0.160. The first-order valence-corrected chi connectivity index (χ1v) is 2.34. The molecule has 0 aromatic heterocycles. The lowest BCUT2D eigenvalue weighted by Gasteiger charge is -2.30. The standard InChI is InChI=1S/C4H11NO3/c1-4(2,8-7)5(3)6/h5,7H,1-3H3. The molecule has 0 aromatic rings. The Labute approximate surface area is 48.2 Å². The summed E-state index contributed by atoms with van der Waals surface area (Å²) >= 11 is 0. The van der Waals surface area contributed by atoms with E-state index in [1.54, 1.807) is 0 Å². The second-order valence-electron chi connectivity index (χ2n) is 2.16. The molecule has 4 nitrogen and oxygen atoms in total. The minimum absolute atomic E-state index is 0.194. The highest BCUT2D eigenvalue weighted by atomic mass is 17.1. The smallest absolute Gasteiger partial charge is 0.226 e. The summed E-state index contributed by atoms with van der Waals surface area (Å²) in [6.45, 7) is 2.99. The second kappa shape index (κ2) is 2.41. The molecule has 0 heterocycles. The van der Waals surface area contributed by atoms with Crippen LogP contribution >= 0.6 is 0 Å². The van der Waals surface area contributed by atoms with Crippen molar-refractivity contribution in [3.8, 4) is 0 Å². The molecule has 4 heteroatoms. The van der Waals surface area contributed by atoms with Crippen LogP contribution in [0.25, 0.3) is 0 Å². The molecule has 2 N–H and O–H groups in total. The molecule has 1 atom stereocenters. The van der Waals surface area contributed by atoms with Gasteiger partial charge < -0.3 is 10.3 Å². The molecule has 0 bridgehead atoms. The summed E-state index contributed by atoms with van der Waals surface area (Å²) in [5.41, 5.74) is -1.04. The van der Waals surface area contributed by atoms with E-state index >= 15 is 0 Å². The van der Waals surface area contributed by atoms with E-state index in [-0.39, 0.29) is 5.06 Å². The van der Waals surface area contributed by atoms with Crippen molar-refractivity contribution in [2.75, 3.05) is 7.05 Å². The van der Waals surface area contributed by atoms with E-state index in [4.69, 9.17) is 5.26 Å². The third kappa shape index (κ3) is 1.75. The van der Waals surface area contributed by atoms with E-state index in [0.29, 0.717) is 0 Å². The summed E-state index contributed by atoms with van der Waals surface area (Å²) in [7, 11) is 1.36. The van der Waals surface area contributed by atoms with Gasteiger partial charge in [0.15, 0.2) is 0 Å². The van der Waals surface area contributed by atoms with Crippen LogP contribution in [0.4, 0.5) is 0 Å². The Bertz CT molecular complexity index is 71.7. The zero-order valence-corrected chi connectivity index (χ0v) is 5.26. The van der Waals surface area contributed by atoms with Gasteiger partial charge in [-0.1, -0.05) is 0 Å². The topological polar surface area (TPSA) is 57.0 Å². The Morgan fingerprint density at radius 2 is 2.00 bits per heavy atom. The highest BCUT2D eigenvalue weighted by Gasteiger charge is 2.22. The van der Waals surface area contributed by atoms with Gasteiger partial charge in [-0.2, -0.15) is 4.89 Å². The van der Waals surface area contributed by atoms with Crippen molar-refractivity contribution in [3.63, 3.8) is 0 Å². The predicted octanol–water partition coefficient (Wildman–Crippen LogP) is -0.775. The predicted molar refractivity (Wildman–Crippen MR) is 28.0 cm³/mol. The molecule has 0 aliphatic rings. The van der Waals surface area contributed by atoms with Gasteiger partial charge in [-0.3, -0.25) is 0 Å². The second-order valence-corrected chi connectivity index (χ2v) is 2.16. The third-order valence-corrected chi connectivity index (χ3v) is 1.08. The number of quaternary nitrogens is 1. The fraction of sp³-hybridized carbons (Fsp3) is 1.00. The Morgan fingerprint density at radius 3 is 2.00 bits per heavy atom. The number of nitrogens with one attached hydrogen (secondary N) is 1. The molecule has 0 fully saturated rings. The van der Waals surface area contributed by atoms with Crippen LogP contribution in [0, 0.1) is 5.21 Å². The molecule has 0 saturated carbocycles. The summed E-state index contributed by atoms with van der Waals surface area (Å²) in [6, 6.07) is 0. The van der Waals surface area contributed by atoms with E-state index in [1.165, 1.54) is 20.9 Å². The summed E-state index contributed by atoms with van der Waals surface area (Å²) in [5.74, 6) is 0. The van der Waals surface area contributed by atoms with Crippen LogP contribution in [0.15, 0.2) is 0 Å². The molecule has 0 aliphatic carbocycles. The van der Waals surface area contributed by atoms with Crippen LogP contribution in [0.5, 0.6) is 0 Å². The number of hydroxylamine groups is 2. The first-order valence-electron chi connectivity index (χ1n) is 2.34. The van der Waals surface area contributed by atoms with Gasteiger partial charge in [0.25, 0.3) is 0 Å². The van der Waals surface area contributed by atoms with Gasteiger partial charge in [0.2, 0.25) is 5.72 Å². The van der Waals surface area contributed by atoms with Crippen LogP contribution in [0.3, 0.4) is 0 Å². The molecule has 0 rings (SSSR count). The minimum Gasteiger partial charge on any atom is -0.632 e. The van der Waals surface area contributed by atoms with Gasteiger partial charge in [0, 0.05) is 13.8 Å². The number of rotatable bonds is 2. The van der Waals surface area contributed by atoms with Crippen molar-refractivity contribution in [3.05, 3.63) is 5.21 Å². The van der Waals surface area contributed by atoms with Crippen molar-refractivity contribution in [2.24, 2.45) is 0 Å². The number of hydrogen-bond acceptors (Lipinski definition) is 3. The molecule has 0 amide bonds. The third-order valence-electron chi connectivity index (χ3n) is 1.08. The summed E-state index contributed by atoms with van der Waals surface area (Å²) in [4.78, 5) is 3.85. The maximum atomic E-state index is 10.4. The first kappa shape index (κ1) is 7.84. The van der Waals surface area contributed by atoms with Crippen molar-refractivity contribution in [1.82, 2.24) is 0 Å². The molecule has 50 valence electrons. The molecule has 0 aliphatic heterocycles. The van der Waals surface area contributed by atoms with Crippen molar-refractivity contribution >= 4 is 0 Å². The van der Waals surface area contributed by atoms with Crippen LogP contribution in [-0.2, 0) is 4.89 Å². The average molecular weight is 121 g/mol. The van der Waals surface area contributed by atoms with Gasteiger partial charge in [-0.05, 0) is 0 Å². The summed E-state index contributed by atoms with van der Waals surface area (Å²) in [5, 5.41) is 18.3. The molecular formula is C4H11NO3. The molecule has 1 unspecified atom stereocenters. The molecule has 8 heavy (non-hydrogen) atoms.